The van der Waals surface area contributed by atoms with Crippen molar-refractivity contribution in [3.05, 3.63) is 89.3 Å². The largest absolute Gasteiger partial charge is 0.467 e. The molecular weight excluding hydrogens is 440 g/mol. The Bertz CT molecular complexity index is 1160. The van der Waals surface area contributed by atoms with Crippen molar-refractivity contribution >= 4 is 34.8 Å². The summed E-state index contributed by atoms with van der Waals surface area (Å²) in [5.41, 5.74) is 2.59. The molecule has 2 aromatic carbocycles. The SMILES string of the molecule is O=C1CN(CC(=O)N2N=C(c3ccc(Cl)cc3)CC2c2ccco2)CCN1c1ccccc1. The molecule has 0 bridgehead atoms. The summed E-state index contributed by atoms with van der Waals surface area (Å²) >= 11 is 6.02. The van der Waals surface area contributed by atoms with Gasteiger partial charge >= 0.3 is 0 Å². The van der Waals surface area contributed by atoms with Crippen LogP contribution in [-0.4, -0.2) is 53.6 Å². The van der Waals surface area contributed by atoms with E-state index in [1.54, 1.807) is 17.2 Å². The number of para-hydroxylation sites is 1. The van der Waals surface area contributed by atoms with Crippen molar-refractivity contribution < 1.29 is 14.0 Å². The van der Waals surface area contributed by atoms with Gasteiger partial charge in [-0.3, -0.25) is 14.5 Å². The molecule has 8 heteroatoms. The van der Waals surface area contributed by atoms with Crippen molar-refractivity contribution in [2.45, 2.75) is 12.5 Å². The van der Waals surface area contributed by atoms with Gasteiger partial charge in [0.1, 0.15) is 11.8 Å². The lowest BCUT2D eigenvalue weighted by Gasteiger charge is -2.34. The third-order valence-corrected chi connectivity index (χ3v) is 6.19. The number of furan rings is 1. The molecule has 0 aliphatic carbocycles. The first kappa shape index (κ1) is 21.4. The van der Waals surface area contributed by atoms with Crippen LogP contribution in [-0.2, 0) is 9.59 Å². The molecule has 168 valence electrons. The number of amides is 2. The van der Waals surface area contributed by atoms with E-state index in [0.717, 1.165) is 17.0 Å². The first-order valence-electron chi connectivity index (χ1n) is 10.8. The van der Waals surface area contributed by atoms with E-state index in [2.05, 4.69) is 5.10 Å². The maximum absolute atomic E-state index is 13.3. The molecule has 0 radical (unpaired) electrons. The topological polar surface area (TPSA) is 69.4 Å². The number of hydrogen-bond acceptors (Lipinski definition) is 5. The lowest BCUT2D eigenvalue weighted by Crippen LogP contribution is -2.52. The second-order valence-corrected chi connectivity index (χ2v) is 8.56. The van der Waals surface area contributed by atoms with Crippen LogP contribution in [0.1, 0.15) is 23.8 Å². The average Bonchev–Trinajstić information content (AvgIpc) is 3.50. The second kappa shape index (κ2) is 9.21. The van der Waals surface area contributed by atoms with Crippen LogP contribution in [0.25, 0.3) is 0 Å². The number of hydrogen-bond donors (Lipinski definition) is 0. The van der Waals surface area contributed by atoms with Gasteiger partial charge in [-0.05, 0) is 42.0 Å². The van der Waals surface area contributed by atoms with E-state index >= 15 is 0 Å². The number of nitrogens with zero attached hydrogens (tertiary/aromatic N) is 4. The van der Waals surface area contributed by atoms with Gasteiger partial charge in [-0.1, -0.05) is 41.9 Å². The quantitative estimate of drug-likeness (QED) is 0.575. The Morgan fingerprint density at radius 1 is 1.03 bits per heavy atom. The van der Waals surface area contributed by atoms with E-state index in [1.807, 2.05) is 65.6 Å². The first-order valence-corrected chi connectivity index (χ1v) is 11.2. The van der Waals surface area contributed by atoms with Gasteiger partial charge < -0.3 is 9.32 Å². The van der Waals surface area contributed by atoms with Gasteiger partial charge in [0.2, 0.25) is 5.91 Å². The summed E-state index contributed by atoms with van der Waals surface area (Å²) in [4.78, 5) is 29.7. The summed E-state index contributed by atoms with van der Waals surface area (Å²) in [5.74, 6) is 0.497. The van der Waals surface area contributed by atoms with Crippen molar-refractivity contribution in [3.8, 4) is 0 Å². The molecule has 1 unspecified atom stereocenters. The highest BCUT2D eigenvalue weighted by Gasteiger charge is 2.36. The van der Waals surface area contributed by atoms with Crippen LogP contribution < -0.4 is 4.90 Å². The van der Waals surface area contributed by atoms with E-state index in [-0.39, 0.29) is 30.9 Å². The zero-order chi connectivity index (χ0) is 22.8. The summed E-state index contributed by atoms with van der Waals surface area (Å²) in [6.07, 6.45) is 2.14. The number of hydrazone groups is 1. The van der Waals surface area contributed by atoms with E-state index in [4.69, 9.17) is 16.0 Å². The Balaban J connectivity index is 1.30. The maximum Gasteiger partial charge on any atom is 0.257 e. The Morgan fingerprint density at radius 3 is 2.52 bits per heavy atom. The minimum absolute atomic E-state index is 0.0189. The fraction of sp³-hybridized carbons (Fsp3) is 0.240. The molecule has 2 amide bonds. The maximum atomic E-state index is 13.3. The van der Waals surface area contributed by atoms with Gasteiger partial charge in [-0.25, -0.2) is 5.01 Å². The number of carbonyl (C=O) groups is 2. The molecule has 5 rings (SSSR count). The van der Waals surface area contributed by atoms with Crippen molar-refractivity contribution in [1.82, 2.24) is 9.91 Å². The Hall–Kier alpha value is -3.42. The molecule has 7 nitrogen and oxygen atoms in total. The summed E-state index contributed by atoms with van der Waals surface area (Å²) in [7, 11) is 0. The van der Waals surface area contributed by atoms with Gasteiger partial charge in [0, 0.05) is 30.2 Å². The highest BCUT2D eigenvalue weighted by Crippen LogP contribution is 2.33. The molecule has 2 aliphatic heterocycles. The van der Waals surface area contributed by atoms with Crippen LogP contribution in [0.5, 0.6) is 0 Å². The predicted molar refractivity (Wildman–Crippen MR) is 126 cm³/mol. The Morgan fingerprint density at radius 2 is 1.82 bits per heavy atom. The molecular formula is C25H23ClN4O3. The van der Waals surface area contributed by atoms with Crippen molar-refractivity contribution in [3.63, 3.8) is 0 Å². The number of anilines is 1. The van der Waals surface area contributed by atoms with Gasteiger partial charge in [0.25, 0.3) is 5.91 Å². The van der Waals surface area contributed by atoms with Crippen molar-refractivity contribution in [2.75, 3.05) is 31.1 Å². The van der Waals surface area contributed by atoms with Gasteiger partial charge in [-0.15, -0.1) is 0 Å². The first-order chi connectivity index (χ1) is 16.1. The van der Waals surface area contributed by atoms with Crippen LogP contribution in [0.15, 0.2) is 82.5 Å². The van der Waals surface area contributed by atoms with Crippen LogP contribution in [0, 0.1) is 0 Å². The number of piperazine rings is 1. The summed E-state index contributed by atoms with van der Waals surface area (Å²) in [6.45, 7) is 1.45. The summed E-state index contributed by atoms with van der Waals surface area (Å²) in [5, 5.41) is 6.79. The molecule has 0 N–H and O–H groups in total. The molecule has 3 heterocycles. The minimum Gasteiger partial charge on any atom is -0.467 e. The number of rotatable bonds is 5. The van der Waals surface area contributed by atoms with E-state index in [1.165, 1.54) is 5.01 Å². The lowest BCUT2D eigenvalue weighted by atomic mass is 10.0. The molecule has 1 aromatic heterocycles. The van der Waals surface area contributed by atoms with E-state index in [9.17, 15) is 9.59 Å². The summed E-state index contributed by atoms with van der Waals surface area (Å²) < 4.78 is 5.61. The Kier molecular flexibility index (Phi) is 5.98. The molecule has 1 fully saturated rings. The minimum atomic E-state index is -0.320. The van der Waals surface area contributed by atoms with Gasteiger partial charge in [0.05, 0.1) is 25.1 Å². The summed E-state index contributed by atoms with van der Waals surface area (Å²) in [6, 6.07) is 20.3. The second-order valence-electron chi connectivity index (χ2n) is 8.12. The van der Waals surface area contributed by atoms with Crippen LogP contribution in [0.2, 0.25) is 5.02 Å². The Labute approximate surface area is 196 Å². The van der Waals surface area contributed by atoms with E-state index < -0.39 is 0 Å². The fourth-order valence-electron chi connectivity index (χ4n) is 4.26. The number of halogens is 1. The van der Waals surface area contributed by atoms with Gasteiger partial charge in [0.15, 0.2) is 0 Å². The normalized spacial score (nSPS) is 19.1. The standard InChI is InChI=1S/C25H23ClN4O3/c26-19-10-8-18(9-11-19)21-15-22(23-7-4-14-33-23)30(27-21)25(32)17-28-12-13-29(24(31)16-28)20-5-2-1-3-6-20/h1-11,14,22H,12-13,15-17H2. The molecule has 0 spiro atoms. The van der Waals surface area contributed by atoms with Crippen molar-refractivity contribution in [2.24, 2.45) is 5.10 Å². The highest BCUT2D eigenvalue weighted by molar-refractivity contribution is 6.30. The highest BCUT2D eigenvalue weighted by atomic mass is 35.5. The molecule has 1 saturated heterocycles. The molecule has 3 aromatic rings. The molecule has 0 saturated carbocycles. The average molecular weight is 463 g/mol. The molecule has 2 aliphatic rings. The third-order valence-electron chi connectivity index (χ3n) is 5.94. The van der Waals surface area contributed by atoms with Gasteiger partial charge in [-0.2, -0.15) is 5.10 Å². The zero-order valence-corrected chi connectivity index (χ0v) is 18.7. The zero-order valence-electron chi connectivity index (χ0n) is 17.9. The fourth-order valence-corrected chi connectivity index (χ4v) is 4.39. The number of carbonyl (C=O) groups excluding carboxylic acids is 2. The molecule has 1 atom stereocenters. The smallest absolute Gasteiger partial charge is 0.257 e. The monoisotopic (exact) mass is 462 g/mol. The lowest BCUT2D eigenvalue weighted by molar-refractivity contribution is -0.135. The number of benzene rings is 2. The van der Waals surface area contributed by atoms with Crippen LogP contribution in [0.4, 0.5) is 5.69 Å². The van der Waals surface area contributed by atoms with Crippen LogP contribution >= 0.6 is 11.6 Å². The third kappa shape index (κ3) is 4.55. The van der Waals surface area contributed by atoms with Crippen molar-refractivity contribution in [1.29, 1.82) is 0 Å². The predicted octanol–water partition coefficient (Wildman–Crippen LogP) is 3.96. The van der Waals surface area contributed by atoms with Crippen LogP contribution in [0.3, 0.4) is 0 Å². The molecule has 33 heavy (non-hydrogen) atoms. The van der Waals surface area contributed by atoms with E-state index in [0.29, 0.717) is 30.3 Å².